The zero-order valence-corrected chi connectivity index (χ0v) is 13.5. The highest BCUT2D eigenvalue weighted by molar-refractivity contribution is 5.92. The van der Waals surface area contributed by atoms with Crippen molar-refractivity contribution >= 4 is 12.0 Å². The summed E-state index contributed by atoms with van der Waals surface area (Å²) in [5.41, 5.74) is 0.937. The number of methoxy groups -OCH3 is 1. The molecule has 0 atom stereocenters. The van der Waals surface area contributed by atoms with Gasteiger partial charge in [-0.05, 0) is 43.0 Å². The van der Waals surface area contributed by atoms with Gasteiger partial charge in [-0.1, -0.05) is 19.4 Å². The molecule has 4 heteroatoms. The van der Waals surface area contributed by atoms with Crippen LogP contribution in [0.5, 0.6) is 11.5 Å². The number of carbonyl (C=O) groups is 1. The largest absolute Gasteiger partial charge is 0.493 e. The second-order valence-electron chi connectivity index (χ2n) is 5.48. The van der Waals surface area contributed by atoms with Gasteiger partial charge in [-0.25, -0.2) is 0 Å². The second kappa shape index (κ2) is 8.47. The highest BCUT2D eigenvalue weighted by atomic mass is 16.5. The van der Waals surface area contributed by atoms with Crippen LogP contribution in [0.2, 0.25) is 0 Å². The standard InChI is InChI=1S/C18H25NO3/c1-3-4-13-22-16-9-7-15(14-17(16)21-2)8-10-18(20)19-11-5-6-12-19/h7-10,14H,3-6,11-13H2,1-2H3. The summed E-state index contributed by atoms with van der Waals surface area (Å²) >= 11 is 0. The summed E-state index contributed by atoms with van der Waals surface area (Å²) in [5.74, 6) is 1.53. The van der Waals surface area contributed by atoms with Crippen LogP contribution in [0.4, 0.5) is 0 Å². The van der Waals surface area contributed by atoms with Crippen molar-refractivity contribution in [2.75, 3.05) is 26.8 Å². The molecule has 0 aliphatic carbocycles. The van der Waals surface area contributed by atoms with E-state index < -0.39 is 0 Å². The average molecular weight is 303 g/mol. The normalized spacial score (nSPS) is 14.5. The first kappa shape index (κ1) is 16.4. The minimum absolute atomic E-state index is 0.0831. The Bertz CT molecular complexity index is 519. The summed E-state index contributed by atoms with van der Waals surface area (Å²) in [5, 5.41) is 0. The van der Waals surface area contributed by atoms with Crippen LogP contribution >= 0.6 is 0 Å². The molecule has 0 unspecified atom stereocenters. The fourth-order valence-corrected chi connectivity index (χ4v) is 2.44. The van der Waals surface area contributed by atoms with Crippen molar-refractivity contribution in [1.29, 1.82) is 0 Å². The van der Waals surface area contributed by atoms with E-state index in [1.807, 2.05) is 29.2 Å². The van der Waals surface area contributed by atoms with Crippen molar-refractivity contribution in [3.8, 4) is 11.5 Å². The lowest BCUT2D eigenvalue weighted by atomic mass is 10.2. The maximum atomic E-state index is 12.0. The molecule has 1 aromatic carbocycles. The summed E-state index contributed by atoms with van der Waals surface area (Å²) in [6, 6.07) is 5.74. The summed E-state index contributed by atoms with van der Waals surface area (Å²) in [6.07, 6.45) is 7.81. The molecule has 1 fully saturated rings. The van der Waals surface area contributed by atoms with Gasteiger partial charge in [0.2, 0.25) is 5.91 Å². The van der Waals surface area contributed by atoms with Gasteiger partial charge >= 0.3 is 0 Å². The van der Waals surface area contributed by atoms with E-state index >= 15 is 0 Å². The highest BCUT2D eigenvalue weighted by Crippen LogP contribution is 2.28. The zero-order valence-electron chi connectivity index (χ0n) is 13.5. The van der Waals surface area contributed by atoms with Gasteiger partial charge in [-0.2, -0.15) is 0 Å². The first-order valence-corrected chi connectivity index (χ1v) is 8.02. The second-order valence-corrected chi connectivity index (χ2v) is 5.48. The van der Waals surface area contributed by atoms with E-state index in [1.54, 1.807) is 13.2 Å². The van der Waals surface area contributed by atoms with Gasteiger partial charge in [0.05, 0.1) is 13.7 Å². The lowest BCUT2D eigenvalue weighted by molar-refractivity contribution is -0.124. The van der Waals surface area contributed by atoms with E-state index in [0.29, 0.717) is 12.4 Å². The summed E-state index contributed by atoms with van der Waals surface area (Å²) in [4.78, 5) is 13.9. The molecule has 1 saturated heterocycles. The third-order valence-electron chi connectivity index (χ3n) is 3.78. The fourth-order valence-electron chi connectivity index (χ4n) is 2.44. The van der Waals surface area contributed by atoms with Crippen LogP contribution in [0.25, 0.3) is 6.08 Å². The lowest BCUT2D eigenvalue weighted by Crippen LogP contribution is -2.25. The molecule has 0 radical (unpaired) electrons. The molecule has 1 aromatic rings. The third kappa shape index (κ3) is 4.52. The van der Waals surface area contributed by atoms with E-state index in [-0.39, 0.29) is 5.91 Å². The van der Waals surface area contributed by atoms with Crippen molar-refractivity contribution in [1.82, 2.24) is 4.90 Å². The van der Waals surface area contributed by atoms with Gasteiger partial charge in [0.1, 0.15) is 0 Å². The Kier molecular flexibility index (Phi) is 6.31. The lowest BCUT2D eigenvalue weighted by Gasteiger charge is -2.12. The van der Waals surface area contributed by atoms with Gasteiger partial charge in [-0.3, -0.25) is 4.79 Å². The van der Waals surface area contributed by atoms with Crippen molar-refractivity contribution in [3.63, 3.8) is 0 Å². The van der Waals surface area contributed by atoms with Crippen molar-refractivity contribution < 1.29 is 14.3 Å². The molecule has 0 aromatic heterocycles. The minimum Gasteiger partial charge on any atom is -0.493 e. The molecule has 1 aliphatic rings. The Labute approximate surface area is 132 Å². The van der Waals surface area contributed by atoms with Crippen LogP contribution in [-0.2, 0) is 4.79 Å². The Morgan fingerprint density at radius 2 is 2.05 bits per heavy atom. The maximum Gasteiger partial charge on any atom is 0.246 e. The molecule has 0 N–H and O–H groups in total. The van der Waals surface area contributed by atoms with Gasteiger partial charge in [0.15, 0.2) is 11.5 Å². The minimum atomic E-state index is 0.0831. The molecular weight excluding hydrogens is 278 g/mol. The Hall–Kier alpha value is -1.97. The average Bonchev–Trinajstić information content (AvgIpc) is 3.08. The third-order valence-corrected chi connectivity index (χ3v) is 3.78. The predicted molar refractivity (Wildman–Crippen MR) is 88.2 cm³/mol. The number of likely N-dealkylation sites (tertiary alicyclic amines) is 1. The topological polar surface area (TPSA) is 38.8 Å². The van der Waals surface area contributed by atoms with E-state index in [9.17, 15) is 4.79 Å². The monoisotopic (exact) mass is 303 g/mol. The smallest absolute Gasteiger partial charge is 0.246 e. The molecule has 1 amide bonds. The van der Waals surface area contributed by atoms with E-state index in [4.69, 9.17) is 9.47 Å². The highest BCUT2D eigenvalue weighted by Gasteiger charge is 2.15. The van der Waals surface area contributed by atoms with Crippen LogP contribution in [0.1, 0.15) is 38.2 Å². The SMILES string of the molecule is CCCCOc1ccc(C=CC(=O)N2CCCC2)cc1OC. The molecular formula is C18H25NO3. The van der Waals surface area contributed by atoms with Crippen molar-refractivity contribution in [3.05, 3.63) is 29.8 Å². The predicted octanol–water partition coefficient (Wildman–Crippen LogP) is 3.51. The number of carbonyl (C=O) groups excluding carboxylic acids is 1. The van der Waals surface area contributed by atoms with Crippen LogP contribution in [0.15, 0.2) is 24.3 Å². The molecule has 1 aliphatic heterocycles. The fraction of sp³-hybridized carbons (Fsp3) is 0.500. The Morgan fingerprint density at radius 1 is 1.27 bits per heavy atom. The van der Waals surface area contributed by atoms with Crippen LogP contribution in [0, 0.1) is 0 Å². The Balaban J connectivity index is 2.00. The van der Waals surface area contributed by atoms with E-state index in [0.717, 1.165) is 50.1 Å². The van der Waals surface area contributed by atoms with Crippen molar-refractivity contribution in [2.24, 2.45) is 0 Å². The first-order chi connectivity index (χ1) is 10.7. The summed E-state index contributed by atoms with van der Waals surface area (Å²) < 4.78 is 11.1. The molecule has 120 valence electrons. The first-order valence-electron chi connectivity index (χ1n) is 8.02. The van der Waals surface area contributed by atoms with Crippen LogP contribution < -0.4 is 9.47 Å². The maximum absolute atomic E-state index is 12.0. The van der Waals surface area contributed by atoms with E-state index in [1.165, 1.54) is 0 Å². The number of ether oxygens (including phenoxy) is 2. The summed E-state index contributed by atoms with van der Waals surface area (Å²) in [6.45, 7) is 4.56. The quantitative estimate of drug-likeness (QED) is 0.571. The Morgan fingerprint density at radius 3 is 2.73 bits per heavy atom. The van der Waals surface area contributed by atoms with Gasteiger partial charge in [-0.15, -0.1) is 0 Å². The van der Waals surface area contributed by atoms with Crippen LogP contribution in [0.3, 0.4) is 0 Å². The molecule has 0 spiro atoms. The number of unbranched alkanes of at least 4 members (excludes halogenated alkanes) is 1. The van der Waals surface area contributed by atoms with Gasteiger partial charge in [0.25, 0.3) is 0 Å². The van der Waals surface area contributed by atoms with Gasteiger partial charge < -0.3 is 14.4 Å². The molecule has 22 heavy (non-hydrogen) atoms. The molecule has 2 rings (SSSR count). The summed E-state index contributed by atoms with van der Waals surface area (Å²) in [7, 11) is 1.63. The number of rotatable bonds is 7. The molecule has 1 heterocycles. The number of hydrogen-bond donors (Lipinski definition) is 0. The molecule has 4 nitrogen and oxygen atoms in total. The van der Waals surface area contributed by atoms with Crippen LogP contribution in [-0.4, -0.2) is 37.6 Å². The number of amides is 1. The number of benzene rings is 1. The number of nitrogens with zero attached hydrogens (tertiary/aromatic N) is 1. The van der Waals surface area contributed by atoms with Crippen molar-refractivity contribution in [2.45, 2.75) is 32.6 Å². The molecule has 0 bridgehead atoms. The number of hydrogen-bond acceptors (Lipinski definition) is 3. The van der Waals surface area contributed by atoms with E-state index in [2.05, 4.69) is 6.92 Å². The zero-order chi connectivity index (χ0) is 15.8. The van der Waals surface area contributed by atoms with Gasteiger partial charge in [0, 0.05) is 19.2 Å². The molecule has 0 saturated carbocycles.